The molecule has 0 atom stereocenters. The first-order valence-corrected chi connectivity index (χ1v) is 10.2. The highest BCUT2D eigenvalue weighted by Gasteiger charge is 2.10. The van der Waals surface area contributed by atoms with Crippen LogP contribution in [0.25, 0.3) is 11.0 Å². The normalized spacial score (nSPS) is 10.8. The number of carbonyl (C=O) groups is 1. The Kier molecular flexibility index (Phi) is 6.16. The molecule has 0 saturated carbocycles. The van der Waals surface area contributed by atoms with E-state index in [0.29, 0.717) is 34.8 Å². The molecule has 0 unspecified atom stereocenters. The van der Waals surface area contributed by atoms with Crippen molar-refractivity contribution >= 4 is 22.6 Å². The molecule has 0 fully saturated rings. The molecule has 4 rings (SSSR count). The number of anilines is 1. The van der Waals surface area contributed by atoms with Gasteiger partial charge in [0.05, 0.1) is 19.1 Å². The molecule has 32 heavy (non-hydrogen) atoms. The number of hydrogen-bond donors (Lipinski definition) is 1. The summed E-state index contributed by atoms with van der Waals surface area (Å²) in [7, 11) is 1.72. The quantitative estimate of drug-likeness (QED) is 0.457. The van der Waals surface area contributed by atoms with Crippen molar-refractivity contribution in [1.82, 2.24) is 19.3 Å². The lowest BCUT2D eigenvalue weighted by molar-refractivity contribution is -0.116. The van der Waals surface area contributed by atoms with Crippen LogP contribution >= 0.6 is 0 Å². The summed E-state index contributed by atoms with van der Waals surface area (Å²) in [5, 5.41) is 7.29. The van der Waals surface area contributed by atoms with Crippen LogP contribution in [-0.4, -0.2) is 31.8 Å². The van der Waals surface area contributed by atoms with Gasteiger partial charge in [-0.25, -0.2) is 4.98 Å². The number of amides is 1. The topological polar surface area (TPSA) is 100 Å². The Morgan fingerprint density at radius 1 is 1.03 bits per heavy atom. The van der Waals surface area contributed by atoms with Crippen molar-refractivity contribution in [2.45, 2.75) is 19.9 Å². The van der Waals surface area contributed by atoms with E-state index >= 15 is 0 Å². The number of fused-ring (bicyclic) bond motifs is 1. The van der Waals surface area contributed by atoms with Gasteiger partial charge in [-0.1, -0.05) is 0 Å². The van der Waals surface area contributed by atoms with Crippen LogP contribution in [0.4, 0.5) is 5.69 Å². The number of benzene rings is 2. The predicted octanol–water partition coefficient (Wildman–Crippen LogP) is 3.35. The SMILES string of the molecule is CCOc1ccc(Oc2ccc(NC(=O)CCn3cnc4c(cnn4C)c3=O)cc2)cc1. The smallest absolute Gasteiger partial charge is 0.264 e. The van der Waals surface area contributed by atoms with Crippen molar-refractivity contribution in [2.24, 2.45) is 7.05 Å². The number of nitrogens with one attached hydrogen (secondary N) is 1. The van der Waals surface area contributed by atoms with Gasteiger partial charge < -0.3 is 14.8 Å². The molecule has 9 heteroatoms. The fourth-order valence-corrected chi connectivity index (χ4v) is 3.18. The van der Waals surface area contributed by atoms with Crippen LogP contribution in [0.3, 0.4) is 0 Å². The van der Waals surface area contributed by atoms with Crippen molar-refractivity contribution in [2.75, 3.05) is 11.9 Å². The third-order valence-corrected chi connectivity index (χ3v) is 4.81. The van der Waals surface area contributed by atoms with Gasteiger partial charge in [0, 0.05) is 25.7 Å². The van der Waals surface area contributed by atoms with Crippen LogP contribution in [0.2, 0.25) is 0 Å². The van der Waals surface area contributed by atoms with Crippen molar-refractivity contribution in [3.05, 3.63) is 71.4 Å². The number of aromatic nitrogens is 4. The predicted molar refractivity (Wildman–Crippen MR) is 120 cm³/mol. The zero-order valence-electron chi connectivity index (χ0n) is 17.8. The second-order valence-corrected chi connectivity index (χ2v) is 7.08. The van der Waals surface area contributed by atoms with E-state index in [0.717, 1.165) is 5.75 Å². The minimum Gasteiger partial charge on any atom is -0.494 e. The van der Waals surface area contributed by atoms with Gasteiger partial charge in [0.2, 0.25) is 5.91 Å². The zero-order valence-corrected chi connectivity index (χ0v) is 17.8. The maximum atomic E-state index is 12.5. The maximum Gasteiger partial charge on any atom is 0.264 e. The van der Waals surface area contributed by atoms with Crippen LogP contribution in [0.5, 0.6) is 17.2 Å². The van der Waals surface area contributed by atoms with Crippen LogP contribution in [0.15, 0.2) is 65.8 Å². The first-order valence-electron chi connectivity index (χ1n) is 10.2. The molecule has 0 aliphatic heterocycles. The molecule has 1 N–H and O–H groups in total. The summed E-state index contributed by atoms with van der Waals surface area (Å²) >= 11 is 0. The highest BCUT2D eigenvalue weighted by Crippen LogP contribution is 2.25. The van der Waals surface area contributed by atoms with E-state index in [9.17, 15) is 9.59 Å². The Bertz CT molecular complexity index is 1280. The molecule has 0 bridgehead atoms. The Morgan fingerprint density at radius 2 is 1.69 bits per heavy atom. The zero-order chi connectivity index (χ0) is 22.5. The van der Waals surface area contributed by atoms with Gasteiger partial charge in [0.25, 0.3) is 5.56 Å². The number of carbonyl (C=O) groups excluding carboxylic acids is 1. The van der Waals surface area contributed by atoms with Crippen molar-refractivity contribution < 1.29 is 14.3 Å². The molecule has 4 aromatic rings. The van der Waals surface area contributed by atoms with E-state index in [-0.39, 0.29) is 24.4 Å². The molecule has 2 aromatic carbocycles. The molecule has 164 valence electrons. The van der Waals surface area contributed by atoms with E-state index < -0.39 is 0 Å². The van der Waals surface area contributed by atoms with Gasteiger partial charge in [-0.15, -0.1) is 0 Å². The molecule has 2 heterocycles. The van der Waals surface area contributed by atoms with Gasteiger partial charge in [-0.3, -0.25) is 18.8 Å². The van der Waals surface area contributed by atoms with Gasteiger partial charge >= 0.3 is 0 Å². The summed E-state index contributed by atoms with van der Waals surface area (Å²) in [6, 6.07) is 14.4. The van der Waals surface area contributed by atoms with Crippen LogP contribution in [0.1, 0.15) is 13.3 Å². The first-order chi connectivity index (χ1) is 15.5. The third-order valence-electron chi connectivity index (χ3n) is 4.81. The minimum atomic E-state index is -0.216. The highest BCUT2D eigenvalue weighted by atomic mass is 16.5. The Labute approximate surface area is 184 Å². The lowest BCUT2D eigenvalue weighted by Crippen LogP contribution is -2.23. The molecule has 0 aliphatic rings. The monoisotopic (exact) mass is 433 g/mol. The molecule has 2 aromatic heterocycles. The van der Waals surface area contributed by atoms with Gasteiger partial charge in [-0.05, 0) is 55.5 Å². The van der Waals surface area contributed by atoms with E-state index in [2.05, 4.69) is 15.4 Å². The molecule has 0 aliphatic carbocycles. The fourth-order valence-electron chi connectivity index (χ4n) is 3.18. The number of hydrogen-bond acceptors (Lipinski definition) is 6. The standard InChI is InChI=1S/C23H23N5O4/c1-3-31-17-8-10-19(11-9-17)32-18-6-4-16(5-7-18)26-21(29)12-13-28-15-24-22-20(23(28)30)14-25-27(22)2/h4-11,14-15H,3,12-13H2,1-2H3,(H,26,29). The summed E-state index contributed by atoms with van der Waals surface area (Å²) in [5.41, 5.74) is 0.942. The Hall–Kier alpha value is -4.14. The molecule has 0 radical (unpaired) electrons. The second kappa shape index (κ2) is 9.34. The third kappa shape index (κ3) is 4.77. The van der Waals surface area contributed by atoms with Gasteiger partial charge in [0.1, 0.15) is 22.6 Å². The van der Waals surface area contributed by atoms with Crippen LogP contribution < -0.4 is 20.3 Å². The van der Waals surface area contributed by atoms with Crippen molar-refractivity contribution in [3.8, 4) is 17.2 Å². The maximum absolute atomic E-state index is 12.5. The van der Waals surface area contributed by atoms with Crippen LogP contribution in [-0.2, 0) is 18.4 Å². The largest absolute Gasteiger partial charge is 0.494 e. The molecular weight excluding hydrogens is 410 g/mol. The lowest BCUT2D eigenvalue weighted by atomic mass is 10.2. The number of rotatable bonds is 8. The number of nitrogens with zero attached hydrogens (tertiary/aromatic N) is 4. The van der Waals surface area contributed by atoms with Crippen LogP contribution in [0, 0.1) is 0 Å². The summed E-state index contributed by atoms with van der Waals surface area (Å²) in [5.74, 6) is 1.92. The van der Waals surface area contributed by atoms with Gasteiger partial charge in [0.15, 0.2) is 5.65 Å². The molecule has 0 saturated heterocycles. The highest BCUT2D eigenvalue weighted by molar-refractivity contribution is 5.90. The minimum absolute atomic E-state index is 0.137. The van der Waals surface area contributed by atoms with E-state index in [1.807, 2.05) is 31.2 Å². The van der Waals surface area contributed by atoms with Gasteiger partial charge in [-0.2, -0.15) is 5.10 Å². The summed E-state index contributed by atoms with van der Waals surface area (Å²) < 4.78 is 14.2. The summed E-state index contributed by atoms with van der Waals surface area (Å²) in [6.45, 7) is 2.77. The average molecular weight is 433 g/mol. The van der Waals surface area contributed by atoms with E-state index in [1.165, 1.54) is 21.8 Å². The first kappa shape index (κ1) is 21.1. The Balaban J connectivity index is 1.32. The Morgan fingerprint density at radius 3 is 2.38 bits per heavy atom. The number of ether oxygens (including phenoxy) is 2. The fraction of sp³-hybridized carbons (Fsp3) is 0.217. The lowest BCUT2D eigenvalue weighted by Gasteiger charge is -2.09. The van der Waals surface area contributed by atoms with Crippen molar-refractivity contribution in [3.63, 3.8) is 0 Å². The second-order valence-electron chi connectivity index (χ2n) is 7.08. The van der Waals surface area contributed by atoms with E-state index in [1.54, 1.807) is 31.3 Å². The molecule has 9 nitrogen and oxygen atoms in total. The summed E-state index contributed by atoms with van der Waals surface area (Å²) in [4.78, 5) is 29.0. The molecule has 0 spiro atoms. The number of aryl methyl sites for hydroxylation is 2. The molecule has 1 amide bonds. The van der Waals surface area contributed by atoms with E-state index in [4.69, 9.17) is 9.47 Å². The average Bonchev–Trinajstić information content (AvgIpc) is 3.18. The molecular formula is C23H23N5O4. The van der Waals surface area contributed by atoms with Crippen molar-refractivity contribution in [1.29, 1.82) is 0 Å². The summed E-state index contributed by atoms with van der Waals surface area (Å²) in [6.07, 6.45) is 3.06.